The number of terminal acetylenes is 1. The molecule has 0 aliphatic heterocycles. The van der Waals surface area contributed by atoms with E-state index in [1.807, 2.05) is 0 Å². The smallest absolute Gasteiger partial charge is 0.241 e. The first-order valence-electron chi connectivity index (χ1n) is 8.01. The highest BCUT2D eigenvalue weighted by Gasteiger charge is 2.25. The van der Waals surface area contributed by atoms with Crippen molar-refractivity contribution >= 4 is 0 Å². The first kappa shape index (κ1) is 18.3. The minimum Gasteiger partial charge on any atom is -0.497 e. The van der Waals surface area contributed by atoms with Crippen LogP contribution in [0.15, 0.2) is 36.4 Å². The minimum absolute atomic E-state index is 0.0135. The van der Waals surface area contributed by atoms with Gasteiger partial charge in [0.05, 0.1) is 31.0 Å². The van der Waals surface area contributed by atoms with Gasteiger partial charge in [0.15, 0.2) is 0 Å². The van der Waals surface area contributed by atoms with Gasteiger partial charge in [-0.05, 0) is 24.6 Å². The van der Waals surface area contributed by atoms with Crippen LogP contribution in [0.2, 0.25) is 0 Å². The second-order valence-electron chi connectivity index (χ2n) is 5.73. The molecule has 0 unspecified atom stereocenters. The van der Waals surface area contributed by atoms with Gasteiger partial charge in [-0.15, -0.1) is 11.5 Å². The van der Waals surface area contributed by atoms with Crippen LogP contribution in [0.25, 0.3) is 22.3 Å². The summed E-state index contributed by atoms with van der Waals surface area (Å²) < 4.78 is 39.8. The average molecular weight is 366 g/mol. The van der Waals surface area contributed by atoms with Crippen molar-refractivity contribution in [1.82, 2.24) is 10.2 Å². The van der Waals surface area contributed by atoms with Crippen molar-refractivity contribution < 1.29 is 18.3 Å². The molecular weight excluding hydrogens is 350 g/mol. The Morgan fingerprint density at radius 3 is 2.04 bits per heavy atom. The van der Waals surface area contributed by atoms with Crippen LogP contribution in [0, 0.1) is 30.9 Å². The normalized spacial score (nSPS) is 10.4. The highest BCUT2D eigenvalue weighted by atomic mass is 19.1. The number of aryl methyl sites for hydroxylation is 1. The van der Waals surface area contributed by atoms with Crippen molar-refractivity contribution in [1.29, 1.82) is 0 Å². The van der Waals surface area contributed by atoms with E-state index < -0.39 is 11.6 Å². The summed E-state index contributed by atoms with van der Waals surface area (Å²) in [5.74, 6) is 1.04. The Hall–Kier alpha value is -3.46. The summed E-state index contributed by atoms with van der Waals surface area (Å²) in [6, 6.07) is 9.24. The van der Waals surface area contributed by atoms with Crippen LogP contribution in [-0.2, 0) is 0 Å². The van der Waals surface area contributed by atoms with Crippen LogP contribution in [0.3, 0.4) is 0 Å². The zero-order chi connectivity index (χ0) is 19.6. The summed E-state index contributed by atoms with van der Waals surface area (Å²) in [6.45, 7) is 1.71. The fraction of sp³-hybridized carbons (Fsp3) is 0.143. The lowest BCUT2D eigenvalue weighted by Gasteiger charge is -2.17. The fourth-order valence-electron chi connectivity index (χ4n) is 2.88. The van der Waals surface area contributed by atoms with Gasteiger partial charge in [-0.2, -0.15) is 5.10 Å². The maximum atomic E-state index is 14.8. The zero-order valence-electron chi connectivity index (χ0n) is 15.0. The molecule has 0 saturated heterocycles. The number of benzene rings is 2. The Balaban J connectivity index is 2.36. The fourth-order valence-corrected chi connectivity index (χ4v) is 2.88. The number of hydrogen-bond acceptors (Lipinski definition) is 4. The van der Waals surface area contributed by atoms with Crippen molar-refractivity contribution in [3.63, 3.8) is 0 Å². The molecule has 0 amide bonds. The molecule has 0 N–H and O–H groups in total. The van der Waals surface area contributed by atoms with Gasteiger partial charge in [0.25, 0.3) is 0 Å². The van der Waals surface area contributed by atoms with E-state index >= 15 is 0 Å². The predicted octanol–water partition coefficient (Wildman–Crippen LogP) is 4.40. The summed E-state index contributed by atoms with van der Waals surface area (Å²) in [6.07, 6.45) is 5.40. The Morgan fingerprint density at radius 2 is 1.52 bits per heavy atom. The summed E-state index contributed by atoms with van der Waals surface area (Å²) >= 11 is 0. The average Bonchev–Trinajstić information content (AvgIpc) is 2.68. The molecule has 0 saturated carbocycles. The molecule has 0 atom stereocenters. The van der Waals surface area contributed by atoms with Crippen molar-refractivity contribution in [3.8, 4) is 46.2 Å². The lowest BCUT2D eigenvalue weighted by atomic mass is 9.93. The minimum atomic E-state index is -0.793. The lowest BCUT2D eigenvalue weighted by molar-refractivity contribution is 0.392. The van der Waals surface area contributed by atoms with E-state index in [-0.39, 0.29) is 22.8 Å². The van der Waals surface area contributed by atoms with E-state index in [0.29, 0.717) is 22.4 Å². The molecule has 2 aromatic carbocycles. The highest BCUT2D eigenvalue weighted by Crippen LogP contribution is 2.42. The topological polar surface area (TPSA) is 44.2 Å². The predicted molar refractivity (Wildman–Crippen MR) is 98.6 cm³/mol. The van der Waals surface area contributed by atoms with Crippen molar-refractivity contribution in [2.24, 2.45) is 0 Å². The Kier molecular flexibility index (Phi) is 5.04. The summed E-state index contributed by atoms with van der Waals surface area (Å²) in [5.41, 5.74) is 2.29. The van der Waals surface area contributed by atoms with E-state index in [1.165, 1.54) is 14.2 Å². The molecule has 136 valence electrons. The Bertz CT molecular complexity index is 1020. The van der Waals surface area contributed by atoms with Gasteiger partial charge < -0.3 is 9.47 Å². The standard InChI is InChI=1S/C21H16F2N2O2/c1-5-13-6-8-14(9-7-13)18-12(2)24-25-21(27-4)20(18)19-16(22)10-15(26-3)11-17(19)23/h1,6-11H,2-4H3. The molecule has 3 aromatic rings. The van der Waals surface area contributed by atoms with E-state index in [0.717, 1.165) is 12.1 Å². The molecule has 0 spiro atoms. The van der Waals surface area contributed by atoms with Gasteiger partial charge in [0, 0.05) is 23.3 Å². The van der Waals surface area contributed by atoms with Crippen LogP contribution in [0.4, 0.5) is 8.78 Å². The first-order valence-corrected chi connectivity index (χ1v) is 8.01. The van der Waals surface area contributed by atoms with E-state index in [1.54, 1.807) is 31.2 Å². The number of aromatic nitrogens is 2. The van der Waals surface area contributed by atoms with Gasteiger partial charge in [-0.25, -0.2) is 8.78 Å². The quantitative estimate of drug-likeness (QED) is 0.642. The molecule has 0 radical (unpaired) electrons. The van der Waals surface area contributed by atoms with Crippen LogP contribution in [0.1, 0.15) is 11.3 Å². The SMILES string of the molecule is C#Cc1ccc(-c2c(C)nnc(OC)c2-c2c(F)cc(OC)cc2F)cc1. The van der Waals surface area contributed by atoms with E-state index in [4.69, 9.17) is 15.9 Å². The third kappa shape index (κ3) is 3.32. The molecule has 3 rings (SSSR count). The summed E-state index contributed by atoms with van der Waals surface area (Å²) in [5, 5.41) is 8.01. The molecular formula is C21H16F2N2O2. The second-order valence-corrected chi connectivity index (χ2v) is 5.73. The maximum Gasteiger partial charge on any atom is 0.241 e. The molecule has 0 aliphatic rings. The third-order valence-corrected chi connectivity index (χ3v) is 4.15. The molecule has 0 aliphatic carbocycles. The second kappa shape index (κ2) is 7.42. The number of rotatable bonds is 4. The van der Waals surface area contributed by atoms with Crippen molar-refractivity contribution in [2.45, 2.75) is 6.92 Å². The number of methoxy groups -OCH3 is 2. The van der Waals surface area contributed by atoms with Gasteiger partial charge in [-0.1, -0.05) is 18.1 Å². The maximum absolute atomic E-state index is 14.8. The van der Waals surface area contributed by atoms with E-state index in [2.05, 4.69) is 16.1 Å². The zero-order valence-corrected chi connectivity index (χ0v) is 15.0. The van der Waals surface area contributed by atoms with Crippen molar-refractivity contribution in [2.75, 3.05) is 14.2 Å². The number of halogens is 2. The number of ether oxygens (including phenoxy) is 2. The van der Waals surface area contributed by atoms with Crippen LogP contribution >= 0.6 is 0 Å². The van der Waals surface area contributed by atoms with Crippen LogP contribution in [0.5, 0.6) is 11.6 Å². The molecule has 1 heterocycles. The van der Waals surface area contributed by atoms with Crippen LogP contribution in [-0.4, -0.2) is 24.4 Å². The molecule has 0 bridgehead atoms. The van der Waals surface area contributed by atoms with Gasteiger partial charge in [0.2, 0.25) is 5.88 Å². The monoisotopic (exact) mass is 366 g/mol. The molecule has 0 fully saturated rings. The largest absolute Gasteiger partial charge is 0.497 e. The van der Waals surface area contributed by atoms with Crippen LogP contribution < -0.4 is 9.47 Å². The molecule has 27 heavy (non-hydrogen) atoms. The highest BCUT2D eigenvalue weighted by molar-refractivity contribution is 5.88. The van der Waals surface area contributed by atoms with Crippen molar-refractivity contribution in [3.05, 3.63) is 59.3 Å². The van der Waals surface area contributed by atoms with Gasteiger partial charge >= 0.3 is 0 Å². The summed E-state index contributed by atoms with van der Waals surface area (Å²) in [7, 11) is 2.71. The first-order chi connectivity index (χ1) is 13.0. The molecule has 6 heteroatoms. The number of nitrogens with zero attached hydrogens (tertiary/aromatic N) is 2. The van der Waals surface area contributed by atoms with Gasteiger partial charge in [0.1, 0.15) is 17.4 Å². The van der Waals surface area contributed by atoms with E-state index in [9.17, 15) is 8.78 Å². The molecule has 4 nitrogen and oxygen atoms in total. The van der Waals surface area contributed by atoms with Gasteiger partial charge in [-0.3, -0.25) is 0 Å². The third-order valence-electron chi connectivity index (χ3n) is 4.15. The molecule has 1 aromatic heterocycles. The Labute approximate surface area is 155 Å². The Morgan fingerprint density at radius 1 is 0.889 bits per heavy atom. The summed E-state index contributed by atoms with van der Waals surface area (Å²) in [4.78, 5) is 0. The number of hydrogen-bond donors (Lipinski definition) is 0. The lowest BCUT2D eigenvalue weighted by Crippen LogP contribution is -2.03.